The second kappa shape index (κ2) is 8.97. The lowest BCUT2D eigenvalue weighted by Crippen LogP contribution is -2.48. The Kier molecular flexibility index (Phi) is 6.13. The van der Waals surface area contributed by atoms with E-state index in [2.05, 4.69) is 9.71 Å². The molecule has 3 heterocycles. The molecule has 0 spiro atoms. The van der Waals surface area contributed by atoms with Crippen molar-refractivity contribution >= 4 is 33.0 Å². The molecule has 1 aromatic carbocycles. The third kappa shape index (κ3) is 4.57. The van der Waals surface area contributed by atoms with E-state index in [1.54, 1.807) is 5.32 Å². The van der Waals surface area contributed by atoms with Crippen LogP contribution in [0.15, 0.2) is 35.3 Å². The average molecular weight is 561 g/mol. The fourth-order valence-corrected chi connectivity index (χ4v) is 5.44. The van der Waals surface area contributed by atoms with Crippen LogP contribution in [0.4, 0.5) is 32.2 Å². The van der Waals surface area contributed by atoms with Crippen LogP contribution in [0, 0.1) is 23.4 Å². The van der Waals surface area contributed by atoms with Crippen LogP contribution in [0.2, 0.25) is 0 Å². The Morgan fingerprint density at radius 2 is 1.79 bits per heavy atom. The molecule has 2 fully saturated rings. The van der Waals surface area contributed by atoms with Crippen LogP contribution in [0.25, 0.3) is 16.7 Å². The molecule has 2 aromatic heterocycles. The van der Waals surface area contributed by atoms with E-state index in [9.17, 15) is 44.3 Å². The molecule has 1 aliphatic carbocycles. The summed E-state index contributed by atoms with van der Waals surface area (Å²) in [5.74, 6) is -6.82. The average Bonchev–Trinajstić information content (AvgIpc) is 3.58. The highest BCUT2D eigenvalue weighted by Gasteiger charge is 2.50. The highest BCUT2D eigenvalue weighted by molar-refractivity contribution is 7.91. The molecule has 1 unspecified atom stereocenters. The first kappa shape index (κ1) is 26.0. The number of carbonyl (C=O) groups excluding carboxylic acids is 1. The standard InChI is InChI=1S/C22H17F6N5O4S/c23-11-7-14(24)17(15(25)8-11)32-9-13(21(35)31-19(10-1-2-10)22(26,27)28)18(34)12-3-4-16(30-20(12)32)33-6-5-29-38(33,36)37/h3-4,7-10,19,29H,1-2,5-6H2,(H,31,35). The Morgan fingerprint density at radius 3 is 2.34 bits per heavy atom. The topological polar surface area (TPSA) is 113 Å². The minimum atomic E-state index is -4.81. The van der Waals surface area contributed by atoms with Gasteiger partial charge in [0.2, 0.25) is 5.43 Å². The van der Waals surface area contributed by atoms with Gasteiger partial charge in [0.15, 0.2) is 17.3 Å². The lowest BCUT2D eigenvalue weighted by molar-refractivity contribution is -0.158. The molecule has 38 heavy (non-hydrogen) atoms. The van der Waals surface area contributed by atoms with E-state index in [4.69, 9.17) is 0 Å². The van der Waals surface area contributed by atoms with Crippen LogP contribution in [0.3, 0.4) is 0 Å². The number of carbonyl (C=O) groups is 1. The van der Waals surface area contributed by atoms with Crippen molar-refractivity contribution in [2.75, 3.05) is 17.4 Å². The summed E-state index contributed by atoms with van der Waals surface area (Å²) in [7, 11) is -4.00. The number of hydrogen-bond donors (Lipinski definition) is 2. The number of aromatic nitrogens is 2. The van der Waals surface area contributed by atoms with Crippen molar-refractivity contribution in [2.24, 2.45) is 5.92 Å². The minimum absolute atomic E-state index is 0.0244. The Morgan fingerprint density at radius 1 is 1.13 bits per heavy atom. The SMILES string of the molecule is O=C(NC(C1CC1)C(F)(F)F)c1cn(-c2c(F)cc(F)cc2F)c2nc(N3CCNS3(=O)=O)ccc2c1=O. The van der Waals surface area contributed by atoms with Crippen molar-refractivity contribution in [1.82, 2.24) is 19.6 Å². The van der Waals surface area contributed by atoms with Gasteiger partial charge >= 0.3 is 16.4 Å². The van der Waals surface area contributed by atoms with Gasteiger partial charge in [-0.1, -0.05) is 0 Å². The second-order valence-corrected chi connectivity index (χ2v) is 10.5. The van der Waals surface area contributed by atoms with Gasteiger partial charge in [-0.25, -0.2) is 22.5 Å². The highest BCUT2D eigenvalue weighted by atomic mass is 32.2. The summed E-state index contributed by atoms with van der Waals surface area (Å²) < 4.78 is 112. The lowest BCUT2D eigenvalue weighted by atomic mass is 10.1. The quantitative estimate of drug-likeness (QED) is 0.465. The predicted molar refractivity (Wildman–Crippen MR) is 122 cm³/mol. The number of nitrogens with one attached hydrogen (secondary N) is 2. The molecular formula is C22H17F6N5O4S. The Labute approximate surface area is 210 Å². The van der Waals surface area contributed by atoms with Crippen LogP contribution >= 0.6 is 0 Å². The molecule has 2 aliphatic rings. The van der Waals surface area contributed by atoms with Gasteiger partial charge in [0.05, 0.1) is 11.9 Å². The molecule has 0 bridgehead atoms. The summed E-state index contributed by atoms with van der Waals surface area (Å²) in [6, 6.07) is 0.510. The zero-order valence-electron chi connectivity index (χ0n) is 19.0. The Balaban J connectivity index is 1.72. The van der Waals surface area contributed by atoms with Crippen molar-refractivity contribution < 1.29 is 39.6 Å². The number of anilines is 1. The molecule has 1 saturated carbocycles. The van der Waals surface area contributed by atoms with Gasteiger partial charge in [0.25, 0.3) is 5.91 Å². The summed E-state index contributed by atoms with van der Waals surface area (Å²) in [6.45, 7) is -0.0403. The molecule has 202 valence electrons. The molecule has 9 nitrogen and oxygen atoms in total. The maximum absolute atomic E-state index is 14.8. The lowest BCUT2D eigenvalue weighted by Gasteiger charge is -2.22. The van der Waals surface area contributed by atoms with Crippen LogP contribution in [0.5, 0.6) is 0 Å². The third-order valence-corrected chi connectivity index (χ3v) is 7.70. The molecular weight excluding hydrogens is 544 g/mol. The molecule has 5 rings (SSSR count). The number of amides is 1. The molecule has 0 radical (unpaired) electrons. The maximum atomic E-state index is 14.8. The van der Waals surface area contributed by atoms with E-state index >= 15 is 0 Å². The summed E-state index contributed by atoms with van der Waals surface area (Å²) >= 11 is 0. The zero-order chi connectivity index (χ0) is 27.6. The minimum Gasteiger partial charge on any atom is -0.340 e. The van der Waals surface area contributed by atoms with Gasteiger partial charge < -0.3 is 5.32 Å². The first-order chi connectivity index (χ1) is 17.8. The first-order valence-corrected chi connectivity index (χ1v) is 12.6. The first-order valence-electron chi connectivity index (χ1n) is 11.1. The number of benzene rings is 1. The van der Waals surface area contributed by atoms with Crippen molar-refractivity contribution in [3.05, 3.63) is 63.7 Å². The summed E-state index contributed by atoms with van der Waals surface area (Å²) in [5.41, 5.74) is -3.52. The summed E-state index contributed by atoms with van der Waals surface area (Å²) in [4.78, 5) is 30.1. The number of fused-ring (bicyclic) bond motifs is 1. The second-order valence-electron chi connectivity index (χ2n) is 8.80. The van der Waals surface area contributed by atoms with Crippen molar-refractivity contribution in [2.45, 2.75) is 25.1 Å². The number of nitrogens with zero attached hydrogens (tertiary/aromatic N) is 3. The van der Waals surface area contributed by atoms with Crippen LogP contribution in [-0.2, 0) is 10.2 Å². The normalized spacial score (nSPS) is 18.1. The van der Waals surface area contributed by atoms with Gasteiger partial charge in [0, 0.05) is 24.9 Å². The van der Waals surface area contributed by atoms with E-state index in [1.807, 2.05) is 0 Å². The van der Waals surface area contributed by atoms with Gasteiger partial charge in [-0.3, -0.25) is 14.2 Å². The van der Waals surface area contributed by atoms with Crippen LogP contribution < -0.4 is 19.8 Å². The largest absolute Gasteiger partial charge is 0.408 e. The van der Waals surface area contributed by atoms with Crippen molar-refractivity contribution in [3.63, 3.8) is 0 Å². The van der Waals surface area contributed by atoms with E-state index in [-0.39, 0.29) is 31.7 Å². The monoisotopic (exact) mass is 561 g/mol. The number of alkyl halides is 3. The van der Waals surface area contributed by atoms with E-state index in [1.165, 1.54) is 0 Å². The maximum Gasteiger partial charge on any atom is 0.408 e. The molecule has 2 N–H and O–H groups in total. The number of hydrogen-bond acceptors (Lipinski definition) is 5. The zero-order valence-corrected chi connectivity index (χ0v) is 19.8. The Hall–Kier alpha value is -3.66. The van der Waals surface area contributed by atoms with E-state index in [0.717, 1.165) is 16.4 Å². The van der Waals surface area contributed by atoms with Gasteiger partial charge in [-0.2, -0.15) is 26.3 Å². The van der Waals surface area contributed by atoms with Gasteiger partial charge in [0.1, 0.15) is 28.9 Å². The predicted octanol–water partition coefficient (Wildman–Crippen LogP) is 2.53. The fourth-order valence-electron chi connectivity index (χ4n) is 4.26. The molecule has 1 amide bonds. The smallest absolute Gasteiger partial charge is 0.340 e. The fraction of sp³-hybridized carbons (Fsp3) is 0.318. The molecule has 1 saturated heterocycles. The van der Waals surface area contributed by atoms with E-state index in [0.29, 0.717) is 22.9 Å². The van der Waals surface area contributed by atoms with Gasteiger partial charge in [-0.15, -0.1) is 0 Å². The highest BCUT2D eigenvalue weighted by Crippen LogP contribution is 2.40. The molecule has 1 atom stereocenters. The summed E-state index contributed by atoms with van der Waals surface area (Å²) in [6.07, 6.45) is -3.81. The van der Waals surface area contributed by atoms with Crippen molar-refractivity contribution in [3.8, 4) is 5.69 Å². The number of halogens is 6. The van der Waals surface area contributed by atoms with Gasteiger partial charge in [-0.05, 0) is 30.9 Å². The molecule has 1 aliphatic heterocycles. The number of pyridine rings is 2. The summed E-state index contributed by atoms with van der Waals surface area (Å²) in [5, 5.41) is 1.33. The third-order valence-electron chi connectivity index (χ3n) is 6.18. The van der Waals surface area contributed by atoms with Crippen LogP contribution in [-0.4, -0.2) is 49.2 Å². The Bertz CT molecular complexity index is 1610. The number of rotatable bonds is 5. The van der Waals surface area contributed by atoms with Crippen LogP contribution in [0.1, 0.15) is 23.2 Å². The molecule has 3 aromatic rings. The van der Waals surface area contributed by atoms with E-state index < -0.39 is 79.4 Å². The van der Waals surface area contributed by atoms with Crippen molar-refractivity contribution in [1.29, 1.82) is 0 Å². The molecule has 16 heteroatoms.